The zero-order chi connectivity index (χ0) is 13.1. The molecule has 0 amide bonds. The molecule has 0 aliphatic heterocycles. The summed E-state index contributed by atoms with van der Waals surface area (Å²) in [4.78, 5) is 0. The van der Waals surface area contributed by atoms with Crippen molar-refractivity contribution in [1.82, 2.24) is 20.6 Å². The van der Waals surface area contributed by atoms with Crippen LogP contribution in [0.5, 0.6) is 11.5 Å². The second-order valence-corrected chi connectivity index (χ2v) is 3.80. The van der Waals surface area contributed by atoms with E-state index in [9.17, 15) is 4.39 Å². The predicted molar refractivity (Wildman–Crippen MR) is 66.1 cm³/mol. The van der Waals surface area contributed by atoms with Crippen LogP contribution in [0.15, 0.2) is 48.5 Å². The van der Waals surface area contributed by atoms with Gasteiger partial charge in [0.05, 0.1) is 0 Å². The lowest BCUT2D eigenvalue weighted by Crippen LogP contribution is -1.90. The number of para-hydroxylation sites is 1. The largest absolute Gasteiger partial charge is 0.454 e. The Morgan fingerprint density at radius 3 is 2.63 bits per heavy atom. The first kappa shape index (κ1) is 11.3. The van der Waals surface area contributed by atoms with E-state index in [1.54, 1.807) is 18.2 Å². The van der Waals surface area contributed by atoms with E-state index in [4.69, 9.17) is 4.74 Å². The highest BCUT2D eigenvalue weighted by Gasteiger charge is 2.09. The molecule has 0 bridgehead atoms. The maximum atomic E-state index is 13.7. The monoisotopic (exact) mass is 256 g/mol. The highest BCUT2D eigenvalue weighted by atomic mass is 19.1. The van der Waals surface area contributed by atoms with E-state index in [0.29, 0.717) is 17.1 Å². The summed E-state index contributed by atoms with van der Waals surface area (Å²) < 4.78 is 19.2. The molecule has 1 heterocycles. The first-order chi connectivity index (χ1) is 9.33. The molecule has 3 rings (SSSR count). The van der Waals surface area contributed by atoms with Gasteiger partial charge < -0.3 is 4.74 Å². The average Bonchev–Trinajstić information content (AvgIpc) is 2.96. The molecule has 19 heavy (non-hydrogen) atoms. The third-order valence-electron chi connectivity index (χ3n) is 2.51. The number of nitrogens with one attached hydrogen (secondary N) is 1. The summed E-state index contributed by atoms with van der Waals surface area (Å²) in [7, 11) is 0. The third kappa shape index (κ3) is 2.42. The quantitative estimate of drug-likeness (QED) is 0.782. The van der Waals surface area contributed by atoms with E-state index in [1.807, 2.05) is 18.2 Å². The Balaban J connectivity index is 1.95. The lowest BCUT2D eigenvalue weighted by Gasteiger charge is -2.07. The van der Waals surface area contributed by atoms with Gasteiger partial charge in [0.15, 0.2) is 11.6 Å². The number of tetrazole rings is 1. The van der Waals surface area contributed by atoms with Gasteiger partial charge >= 0.3 is 0 Å². The number of aromatic nitrogens is 4. The summed E-state index contributed by atoms with van der Waals surface area (Å²) in [5, 5.41) is 13.5. The molecule has 0 radical (unpaired) electrons. The second kappa shape index (κ2) is 4.85. The topological polar surface area (TPSA) is 63.7 Å². The Morgan fingerprint density at radius 1 is 1.05 bits per heavy atom. The van der Waals surface area contributed by atoms with Gasteiger partial charge in [0.1, 0.15) is 5.75 Å². The first-order valence-electron chi connectivity index (χ1n) is 5.59. The molecule has 0 saturated carbocycles. The SMILES string of the molecule is Fc1ccc(-c2nn[nH]n2)cc1Oc1ccccc1. The zero-order valence-electron chi connectivity index (χ0n) is 9.75. The lowest BCUT2D eigenvalue weighted by molar-refractivity contribution is 0.442. The number of H-pyrrole nitrogens is 1. The summed E-state index contributed by atoms with van der Waals surface area (Å²) in [5.74, 6) is 0.620. The van der Waals surface area contributed by atoms with E-state index in [1.165, 1.54) is 12.1 Å². The molecule has 94 valence electrons. The summed E-state index contributed by atoms with van der Waals surface area (Å²) in [6, 6.07) is 13.4. The van der Waals surface area contributed by atoms with Crippen LogP contribution in [0.3, 0.4) is 0 Å². The molecule has 5 nitrogen and oxygen atoms in total. The van der Waals surface area contributed by atoms with Crippen molar-refractivity contribution in [2.24, 2.45) is 0 Å². The Labute approximate surface area is 108 Å². The maximum Gasteiger partial charge on any atom is 0.204 e. The molecule has 1 aromatic heterocycles. The summed E-state index contributed by atoms with van der Waals surface area (Å²) in [6.45, 7) is 0. The summed E-state index contributed by atoms with van der Waals surface area (Å²) >= 11 is 0. The predicted octanol–water partition coefficient (Wildman–Crippen LogP) is 2.80. The fourth-order valence-electron chi connectivity index (χ4n) is 1.62. The van der Waals surface area contributed by atoms with Crippen molar-refractivity contribution >= 4 is 0 Å². The number of hydrogen-bond donors (Lipinski definition) is 1. The van der Waals surface area contributed by atoms with Gasteiger partial charge in [-0.15, -0.1) is 10.2 Å². The molecule has 6 heteroatoms. The minimum atomic E-state index is -0.448. The number of rotatable bonds is 3. The number of halogens is 1. The molecule has 0 saturated heterocycles. The molecule has 1 N–H and O–H groups in total. The highest BCUT2D eigenvalue weighted by molar-refractivity contribution is 5.57. The van der Waals surface area contributed by atoms with Crippen molar-refractivity contribution < 1.29 is 9.13 Å². The fraction of sp³-hybridized carbons (Fsp3) is 0. The van der Waals surface area contributed by atoms with Crippen LogP contribution in [-0.2, 0) is 0 Å². The second-order valence-electron chi connectivity index (χ2n) is 3.80. The van der Waals surface area contributed by atoms with E-state index < -0.39 is 5.82 Å². The van der Waals surface area contributed by atoms with Crippen LogP contribution in [0.25, 0.3) is 11.4 Å². The van der Waals surface area contributed by atoms with Gasteiger partial charge in [-0.2, -0.15) is 5.21 Å². The third-order valence-corrected chi connectivity index (χ3v) is 2.51. The van der Waals surface area contributed by atoms with Gasteiger partial charge in [0.25, 0.3) is 0 Å². The van der Waals surface area contributed by atoms with Crippen molar-refractivity contribution in [3.8, 4) is 22.9 Å². The zero-order valence-corrected chi connectivity index (χ0v) is 9.75. The van der Waals surface area contributed by atoms with Crippen molar-refractivity contribution in [2.45, 2.75) is 0 Å². The smallest absolute Gasteiger partial charge is 0.204 e. The lowest BCUT2D eigenvalue weighted by atomic mass is 10.2. The van der Waals surface area contributed by atoms with Crippen LogP contribution in [-0.4, -0.2) is 20.6 Å². The molecule has 0 aliphatic rings. The molecule has 0 atom stereocenters. The Kier molecular flexibility index (Phi) is 2.89. The minimum Gasteiger partial charge on any atom is -0.454 e. The van der Waals surface area contributed by atoms with E-state index in [2.05, 4.69) is 20.6 Å². The number of hydrogen-bond acceptors (Lipinski definition) is 4. The number of aromatic amines is 1. The molecule has 0 aliphatic carbocycles. The number of benzene rings is 2. The van der Waals surface area contributed by atoms with Crippen LogP contribution in [0.2, 0.25) is 0 Å². The van der Waals surface area contributed by atoms with E-state index in [-0.39, 0.29) is 5.75 Å². The van der Waals surface area contributed by atoms with Crippen molar-refractivity contribution in [1.29, 1.82) is 0 Å². The van der Waals surface area contributed by atoms with Gasteiger partial charge in [-0.05, 0) is 35.5 Å². The van der Waals surface area contributed by atoms with Crippen LogP contribution in [0.1, 0.15) is 0 Å². The first-order valence-corrected chi connectivity index (χ1v) is 5.59. The Morgan fingerprint density at radius 2 is 1.89 bits per heavy atom. The molecular formula is C13H9FN4O. The molecule has 0 spiro atoms. The molecule has 0 unspecified atom stereocenters. The number of nitrogens with zero attached hydrogens (tertiary/aromatic N) is 3. The van der Waals surface area contributed by atoms with Gasteiger partial charge in [-0.1, -0.05) is 18.2 Å². The van der Waals surface area contributed by atoms with Crippen LogP contribution < -0.4 is 4.74 Å². The van der Waals surface area contributed by atoms with Crippen LogP contribution in [0.4, 0.5) is 4.39 Å². The van der Waals surface area contributed by atoms with Gasteiger partial charge in [0.2, 0.25) is 5.82 Å². The van der Waals surface area contributed by atoms with Crippen molar-refractivity contribution in [3.63, 3.8) is 0 Å². The van der Waals surface area contributed by atoms with Crippen molar-refractivity contribution in [2.75, 3.05) is 0 Å². The minimum absolute atomic E-state index is 0.119. The van der Waals surface area contributed by atoms with Crippen LogP contribution in [0, 0.1) is 5.82 Å². The standard InChI is InChI=1S/C13H9FN4O/c14-11-7-6-9(13-15-17-18-16-13)8-12(11)19-10-4-2-1-3-5-10/h1-8H,(H,15,16,17,18). The van der Waals surface area contributed by atoms with Gasteiger partial charge in [0, 0.05) is 5.56 Å². The summed E-state index contributed by atoms with van der Waals surface area (Å²) in [6.07, 6.45) is 0. The molecule has 0 fully saturated rings. The summed E-state index contributed by atoms with van der Waals surface area (Å²) in [5.41, 5.74) is 0.626. The van der Waals surface area contributed by atoms with Crippen LogP contribution >= 0.6 is 0 Å². The fourth-order valence-corrected chi connectivity index (χ4v) is 1.62. The van der Waals surface area contributed by atoms with Gasteiger partial charge in [-0.25, -0.2) is 4.39 Å². The van der Waals surface area contributed by atoms with E-state index >= 15 is 0 Å². The van der Waals surface area contributed by atoms with Gasteiger partial charge in [-0.3, -0.25) is 0 Å². The Hall–Kier alpha value is -2.76. The van der Waals surface area contributed by atoms with Crippen molar-refractivity contribution in [3.05, 3.63) is 54.3 Å². The molecular weight excluding hydrogens is 247 g/mol. The average molecular weight is 256 g/mol. The molecule has 2 aromatic carbocycles. The number of ether oxygens (including phenoxy) is 1. The van der Waals surface area contributed by atoms with E-state index in [0.717, 1.165) is 0 Å². The Bertz CT molecular complexity index is 670. The molecule has 3 aromatic rings. The highest BCUT2D eigenvalue weighted by Crippen LogP contribution is 2.28. The maximum absolute atomic E-state index is 13.7. The normalized spacial score (nSPS) is 10.4.